The Morgan fingerprint density at radius 1 is 1.15 bits per heavy atom. The van der Waals surface area contributed by atoms with E-state index in [4.69, 9.17) is 4.99 Å². The molecule has 4 aliphatic carbocycles. The van der Waals surface area contributed by atoms with E-state index >= 15 is 0 Å². The largest absolute Gasteiger partial charge is 0.362 e. The quantitative estimate of drug-likeness (QED) is 0.830. The molecule has 20 heavy (non-hydrogen) atoms. The minimum absolute atomic E-state index is 0.516. The zero-order valence-electron chi connectivity index (χ0n) is 12.9. The van der Waals surface area contributed by atoms with Crippen LogP contribution >= 0.6 is 11.8 Å². The summed E-state index contributed by atoms with van der Waals surface area (Å²) in [4.78, 5) is 4.82. The fourth-order valence-electron chi connectivity index (χ4n) is 5.75. The van der Waals surface area contributed by atoms with Crippen LogP contribution in [0.2, 0.25) is 0 Å². The van der Waals surface area contributed by atoms with Gasteiger partial charge in [0, 0.05) is 11.8 Å². The minimum Gasteiger partial charge on any atom is -0.362 e. The molecule has 4 bridgehead atoms. The lowest BCUT2D eigenvalue weighted by Crippen LogP contribution is -2.55. The van der Waals surface area contributed by atoms with Gasteiger partial charge in [0.05, 0.1) is 6.04 Å². The predicted octanol–water partition coefficient (Wildman–Crippen LogP) is 4.06. The van der Waals surface area contributed by atoms with E-state index in [1.807, 2.05) is 11.8 Å². The van der Waals surface area contributed by atoms with Crippen molar-refractivity contribution in [2.75, 3.05) is 5.75 Å². The fourth-order valence-corrected chi connectivity index (χ4v) is 6.92. The maximum Gasteiger partial charge on any atom is 0.157 e. The second-order valence-electron chi connectivity index (χ2n) is 8.07. The van der Waals surface area contributed by atoms with Crippen molar-refractivity contribution < 1.29 is 0 Å². The molecule has 5 aliphatic rings. The van der Waals surface area contributed by atoms with E-state index in [0.717, 1.165) is 17.8 Å². The lowest BCUT2D eigenvalue weighted by atomic mass is 9.48. The topological polar surface area (TPSA) is 24.4 Å². The molecule has 2 atom stereocenters. The normalized spacial score (nSPS) is 48.0. The molecular weight excluding hydrogens is 264 g/mol. The van der Waals surface area contributed by atoms with Crippen LogP contribution in [0.5, 0.6) is 0 Å². The summed E-state index contributed by atoms with van der Waals surface area (Å²) < 4.78 is 0. The van der Waals surface area contributed by atoms with Gasteiger partial charge in [-0.1, -0.05) is 11.8 Å². The van der Waals surface area contributed by atoms with Crippen molar-refractivity contribution in [3.63, 3.8) is 0 Å². The number of aliphatic imine (C=N–C) groups is 1. The van der Waals surface area contributed by atoms with E-state index in [1.165, 1.54) is 55.9 Å². The van der Waals surface area contributed by atoms with Crippen LogP contribution in [0.15, 0.2) is 4.99 Å². The Balaban J connectivity index is 1.49. The van der Waals surface area contributed by atoms with Crippen molar-refractivity contribution in [2.24, 2.45) is 28.2 Å². The monoisotopic (exact) mass is 292 g/mol. The highest BCUT2D eigenvalue weighted by Crippen LogP contribution is 2.61. The molecule has 0 radical (unpaired) electrons. The van der Waals surface area contributed by atoms with Crippen LogP contribution in [0.25, 0.3) is 0 Å². The maximum absolute atomic E-state index is 4.82. The highest BCUT2D eigenvalue weighted by Gasteiger charge is 2.53. The van der Waals surface area contributed by atoms with E-state index < -0.39 is 0 Å². The van der Waals surface area contributed by atoms with Gasteiger partial charge in [-0.15, -0.1) is 0 Å². The third-order valence-corrected chi connectivity index (χ3v) is 7.39. The maximum atomic E-state index is 4.82. The summed E-state index contributed by atoms with van der Waals surface area (Å²) in [7, 11) is 0. The number of hydrogen-bond acceptors (Lipinski definition) is 3. The zero-order chi connectivity index (χ0) is 13.7. The second-order valence-corrected chi connectivity index (χ2v) is 9.15. The van der Waals surface area contributed by atoms with Gasteiger partial charge in [0.25, 0.3) is 0 Å². The van der Waals surface area contributed by atoms with Gasteiger partial charge in [0.2, 0.25) is 0 Å². The number of amidine groups is 1. The Morgan fingerprint density at radius 3 is 2.30 bits per heavy atom. The van der Waals surface area contributed by atoms with Crippen LogP contribution in [-0.4, -0.2) is 23.0 Å². The first-order valence-electron chi connectivity index (χ1n) is 8.60. The second kappa shape index (κ2) is 4.93. The van der Waals surface area contributed by atoms with Crippen molar-refractivity contribution in [3.8, 4) is 0 Å². The third kappa shape index (κ3) is 2.30. The lowest BCUT2D eigenvalue weighted by Gasteiger charge is -2.59. The first-order valence-corrected chi connectivity index (χ1v) is 9.59. The Hall–Kier alpha value is -0.180. The molecule has 4 saturated carbocycles. The van der Waals surface area contributed by atoms with E-state index in [0.29, 0.717) is 17.5 Å². The first-order chi connectivity index (χ1) is 9.63. The Morgan fingerprint density at radius 2 is 1.75 bits per heavy atom. The van der Waals surface area contributed by atoms with Crippen LogP contribution in [0.3, 0.4) is 0 Å². The summed E-state index contributed by atoms with van der Waals surface area (Å²) in [6, 6.07) is 1.13. The van der Waals surface area contributed by atoms with E-state index in [-0.39, 0.29) is 0 Å². The molecule has 0 spiro atoms. The molecule has 0 aromatic heterocycles. The van der Waals surface area contributed by atoms with Crippen molar-refractivity contribution in [3.05, 3.63) is 0 Å². The van der Waals surface area contributed by atoms with Crippen LogP contribution < -0.4 is 5.32 Å². The summed E-state index contributed by atoms with van der Waals surface area (Å²) in [6.45, 7) is 4.69. The van der Waals surface area contributed by atoms with Crippen LogP contribution in [0.4, 0.5) is 0 Å². The van der Waals surface area contributed by atoms with Crippen molar-refractivity contribution in [2.45, 2.75) is 70.9 Å². The van der Waals surface area contributed by atoms with Gasteiger partial charge >= 0.3 is 0 Å². The average molecular weight is 292 g/mol. The zero-order valence-corrected chi connectivity index (χ0v) is 13.7. The Labute approximate surface area is 127 Å². The lowest BCUT2D eigenvalue weighted by molar-refractivity contribution is -0.0671. The first kappa shape index (κ1) is 13.5. The van der Waals surface area contributed by atoms with Gasteiger partial charge in [0.15, 0.2) is 5.17 Å². The molecule has 0 amide bonds. The van der Waals surface area contributed by atoms with E-state index in [1.54, 1.807) is 0 Å². The standard InChI is InChI=1S/C17H28N2S/c1-11-3-4-20-16(18-11)19-12(2)17-8-13-5-14(9-17)7-15(6-13)10-17/h11-15H,3-10H2,1-2H3,(H,18,19). The highest BCUT2D eigenvalue weighted by molar-refractivity contribution is 8.13. The van der Waals surface area contributed by atoms with E-state index in [9.17, 15) is 0 Å². The molecule has 0 saturated heterocycles. The van der Waals surface area contributed by atoms with Gasteiger partial charge in [-0.25, -0.2) is 0 Å². The van der Waals surface area contributed by atoms with Crippen LogP contribution in [0, 0.1) is 23.2 Å². The van der Waals surface area contributed by atoms with Crippen molar-refractivity contribution in [1.29, 1.82) is 0 Å². The summed E-state index contributed by atoms with van der Waals surface area (Å²) in [6.07, 6.45) is 10.3. The predicted molar refractivity (Wildman–Crippen MR) is 87.2 cm³/mol. The Kier molecular flexibility index (Phi) is 3.32. The number of nitrogens with one attached hydrogen (secondary N) is 1. The molecule has 112 valence electrons. The summed E-state index contributed by atoms with van der Waals surface area (Å²) in [5.74, 6) is 4.38. The highest BCUT2D eigenvalue weighted by atomic mass is 32.2. The molecule has 0 aromatic rings. The molecule has 0 aromatic carbocycles. The SMILES string of the molecule is CC1CCSC(NC(C)C23CC4CC(CC(C4)C2)C3)=N1. The number of thioether (sulfide) groups is 1. The molecule has 1 heterocycles. The van der Waals surface area contributed by atoms with Crippen molar-refractivity contribution in [1.82, 2.24) is 5.32 Å². The van der Waals surface area contributed by atoms with Gasteiger partial charge < -0.3 is 5.32 Å². The molecule has 4 fully saturated rings. The minimum atomic E-state index is 0.516. The van der Waals surface area contributed by atoms with Crippen LogP contribution in [-0.2, 0) is 0 Å². The summed E-state index contributed by atoms with van der Waals surface area (Å²) in [5.41, 5.74) is 0.596. The molecule has 5 rings (SSSR count). The molecular formula is C17H28N2S. The summed E-state index contributed by atoms with van der Waals surface area (Å²) in [5, 5.41) is 5.05. The number of nitrogens with zero attached hydrogens (tertiary/aromatic N) is 1. The Bertz CT molecular complexity index is 382. The average Bonchev–Trinajstić information content (AvgIpc) is 2.37. The molecule has 1 N–H and O–H groups in total. The van der Waals surface area contributed by atoms with Gasteiger partial charge in [0.1, 0.15) is 0 Å². The van der Waals surface area contributed by atoms with Crippen molar-refractivity contribution >= 4 is 16.9 Å². The van der Waals surface area contributed by atoms with Crippen LogP contribution in [0.1, 0.15) is 58.8 Å². The van der Waals surface area contributed by atoms with Gasteiger partial charge in [-0.05, 0) is 82.0 Å². The molecule has 1 aliphatic heterocycles. The smallest absolute Gasteiger partial charge is 0.157 e. The fraction of sp³-hybridized carbons (Fsp3) is 0.941. The molecule has 2 unspecified atom stereocenters. The molecule has 3 heteroatoms. The molecule has 2 nitrogen and oxygen atoms in total. The number of hydrogen-bond donors (Lipinski definition) is 1. The van der Waals surface area contributed by atoms with Gasteiger partial charge in [-0.2, -0.15) is 0 Å². The van der Waals surface area contributed by atoms with Gasteiger partial charge in [-0.3, -0.25) is 4.99 Å². The van der Waals surface area contributed by atoms with E-state index in [2.05, 4.69) is 19.2 Å². The third-order valence-electron chi connectivity index (χ3n) is 6.46. The number of rotatable bonds is 2. The summed E-state index contributed by atoms with van der Waals surface area (Å²) >= 11 is 1.94.